The van der Waals surface area contributed by atoms with Crippen molar-refractivity contribution in [2.75, 3.05) is 5.32 Å². The van der Waals surface area contributed by atoms with Gasteiger partial charge in [0.25, 0.3) is 5.91 Å². The zero-order valence-electron chi connectivity index (χ0n) is 14.3. The van der Waals surface area contributed by atoms with E-state index < -0.39 is 29.2 Å². The van der Waals surface area contributed by atoms with Crippen molar-refractivity contribution in [2.24, 2.45) is 0 Å². The molecule has 0 radical (unpaired) electrons. The smallest absolute Gasteiger partial charge is 0.416 e. The lowest BCUT2D eigenvalue weighted by Crippen LogP contribution is -2.24. The lowest BCUT2D eigenvalue weighted by atomic mass is 10.1. The van der Waals surface area contributed by atoms with E-state index in [1.807, 2.05) is 0 Å². The molecule has 3 N–H and O–H groups in total. The molecule has 3 aromatic rings. The number of alkyl halides is 3. The number of thiazole rings is 1. The van der Waals surface area contributed by atoms with Gasteiger partial charge in [-0.3, -0.25) is 4.79 Å². The number of amides is 1. The third kappa shape index (κ3) is 4.77. The molecule has 0 saturated heterocycles. The standard InChI is InChI=1S/C18H12ClF4N3O2S/c19-12-5-10(6-13(20)14(12)27)26-16-15(29-8-25-16)17(28)24-7-9-3-1-2-4-11(9)18(21,22)23/h1-6,8,26-27H,7H2,(H,24,28). The van der Waals surface area contributed by atoms with Crippen molar-refractivity contribution in [2.45, 2.75) is 12.7 Å². The average molecular weight is 446 g/mol. The second-order valence-electron chi connectivity index (χ2n) is 5.78. The first-order chi connectivity index (χ1) is 13.7. The number of phenols is 1. The Kier molecular flexibility index (Phi) is 5.94. The van der Waals surface area contributed by atoms with Crippen molar-refractivity contribution < 1.29 is 27.5 Å². The second kappa shape index (κ2) is 8.26. The molecule has 3 rings (SSSR count). The van der Waals surface area contributed by atoms with Gasteiger partial charge in [-0.05, 0) is 17.7 Å². The normalized spacial score (nSPS) is 11.3. The predicted molar refractivity (Wildman–Crippen MR) is 101 cm³/mol. The molecule has 0 aliphatic rings. The minimum Gasteiger partial charge on any atom is -0.504 e. The van der Waals surface area contributed by atoms with E-state index in [4.69, 9.17) is 11.6 Å². The Morgan fingerprint density at radius 3 is 2.66 bits per heavy atom. The largest absolute Gasteiger partial charge is 0.504 e. The van der Waals surface area contributed by atoms with Gasteiger partial charge in [0.15, 0.2) is 17.4 Å². The minimum absolute atomic E-state index is 0.0674. The number of carbonyl (C=O) groups excluding carboxylic acids is 1. The van der Waals surface area contributed by atoms with Crippen LogP contribution in [0.1, 0.15) is 20.8 Å². The number of halogens is 5. The van der Waals surface area contributed by atoms with Crippen LogP contribution < -0.4 is 10.6 Å². The van der Waals surface area contributed by atoms with E-state index in [0.717, 1.165) is 23.5 Å². The van der Waals surface area contributed by atoms with Gasteiger partial charge in [-0.25, -0.2) is 9.37 Å². The van der Waals surface area contributed by atoms with Crippen LogP contribution in [0.5, 0.6) is 5.75 Å². The summed E-state index contributed by atoms with van der Waals surface area (Å²) in [4.78, 5) is 16.5. The summed E-state index contributed by atoms with van der Waals surface area (Å²) in [6.07, 6.45) is -4.54. The number of anilines is 2. The molecule has 0 atom stereocenters. The highest BCUT2D eigenvalue weighted by Gasteiger charge is 2.33. The Balaban J connectivity index is 1.75. The van der Waals surface area contributed by atoms with E-state index in [1.54, 1.807) is 0 Å². The Bertz CT molecular complexity index is 1030. The van der Waals surface area contributed by atoms with Crippen molar-refractivity contribution in [3.8, 4) is 5.75 Å². The van der Waals surface area contributed by atoms with E-state index in [9.17, 15) is 27.5 Å². The number of benzene rings is 2. The maximum Gasteiger partial charge on any atom is 0.416 e. The maximum absolute atomic E-state index is 13.6. The number of rotatable bonds is 5. The molecule has 5 nitrogen and oxygen atoms in total. The Morgan fingerprint density at radius 1 is 1.24 bits per heavy atom. The van der Waals surface area contributed by atoms with E-state index in [1.165, 1.54) is 29.8 Å². The first-order valence-electron chi connectivity index (χ1n) is 7.98. The molecule has 0 fully saturated rings. The van der Waals surface area contributed by atoms with Gasteiger partial charge in [-0.1, -0.05) is 29.8 Å². The van der Waals surface area contributed by atoms with Gasteiger partial charge in [0.05, 0.1) is 16.1 Å². The summed E-state index contributed by atoms with van der Waals surface area (Å²) in [6, 6.07) is 7.11. The molecule has 11 heteroatoms. The van der Waals surface area contributed by atoms with Crippen LogP contribution in [0.25, 0.3) is 0 Å². The summed E-state index contributed by atoms with van der Waals surface area (Å²) in [5.74, 6) is -2.27. The quantitative estimate of drug-likeness (QED) is 0.366. The SMILES string of the molecule is O=C(NCc1ccccc1C(F)(F)F)c1scnc1Nc1cc(F)c(O)c(Cl)c1. The maximum atomic E-state index is 13.6. The van der Waals surface area contributed by atoms with Crippen LogP contribution in [0.2, 0.25) is 5.02 Å². The van der Waals surface area contributed by atoms with Gasteiger partial charge in [0.1, 0.15) is 4.88 Å². The number of phenolic OH excluding ortho intramolecular Hbond substituents is 1. The van der Waals surface area contributed by atoms with Crippen LogP contribution in [-0.4, -0.2) is 16.0 Å². The molecule has 152 valence electrons. The fraction of sp³-hybridized carbons (Fsp3) is 0.111. The highest BCUT2D eigenvalue weighted by Crippen LogP contribution is 2.33. The predicted octanol–water partition coefficient (Wildman–Crippen LogP) is 5.33. The first-order valence-corrected chi connectivity index (χ1v) is 9.24. The van der Waals surface area contributed by atoms with Gasteiger partial charge in [0.2, 0.25) is 0 Å². The molecule has 0 unspecified atom stereocenters. The summed E-state index contributed by atoms with van der Waals surface area (Å²) in [5, 5.41) is 14.2. The lowest BCUT2D eigenvalue weighted by molar-refractivity contribution is -0.138. The highest BCUT2D eigenvalue weighted by molar-refractivity contribution is 7.12. The van der Waals surface area contributed by atoms with Crippen LogP contribution in [-0.2, 0) is 12.7 Å². The lowest BCUT2D eigenvalue weighted by Gasteiger charge is -2.13. The van der Waals surface area contributed by atoms with Gasteiger partial charge in [-0.2, -0.15) is 13.2 Å². The third-order valence-corrected chi connectivity index (χ3v) is 4.93. The van der Waals surface area contributed by atoms with Crippen molar-refractivity contribution in [3.05, 3.63) is 68.8 Å². The molecular weight excluding hydrogens is 434 g/mol. The zero-order chi connectivity index (χ0) is 21.2. The Hall–Kier alpha value is -2.85. The molecule has 1 heterocycles. The van der Waals surface area contributed by atoms with Crippen molar-refractivity contribution in [3.63, 3.8) is 0 Å². The minimum atomic E-state index is -4.54. The fourth-order valence-corrected chi connectivity index (χ4v) is 3.34. The van der Waals surface area contributed by atoms with Gasteiger partial charge in [0, 0.05) is 18.3 Å². The van der Waals surface area contributed by atoms with Gasteiger partial charge in [-0.15, -0.1) is 11.3 Å². The third-order valence-electron chi connectivity index (χ3n) is 3.82. The molecule has 0 spiro atoms. The molecule has 0 saturated carbocycles. The van der Waals surface area contributed by atoms with E-state index in [-0.39, 0.29) is 33.5 Å². The summed E-state index contributed by atoms with van der Waals surface area (Å²) in [5.41, 5.74) is 0.559. The molecular formula is C18H12ClF4N3O2S. The number of aromatic nitrogens is 1. The molecule has 2 aromatic carbocycles. The van der Waals surface area contributed by atoms with Crippen LogP contribution in [0.4, 0.5) is 29.1 Å². The van der Waals surface area contributed by atoms with Crippen LogP contribution in [0, 0.1) is 5.82 Å². The van der Waals surface area contributed by atoms with Crippen LogP contribution >= 0.6 is 22.9 Å². The van der Waals surface area contributed by atoms with Crippen LogP contribution in [0.3, 0.4) is 0 Å². The number of aromatic hydroxyl groups is 1. The van der Waals surface area contributed by atoms with Crippen molar-refractivity contribution >= 4 is 40.4 Å². The zero-order valence-corrected chi connectivity index (χ0v) is 15.9. The number of hydrogen-bond donors (Lipinski definition) is 3. The molecule has 0 bridgehead atoms. The number of nitrogens with one attached hydrogen (secondary N) is 2. The molecule has 0 aliphatic carbocycles. The van der Waals surface area contributed by atoms with Crippen LogP contribution in [0.15, 0.2) is 41.9 Å². The monoisotopic (exact) mass is 445 g/mol. The molecule has 0 aliphatic heterocycles. The topological polar surface area (TPSA) is 74.2 Å². The Labute approximate surface area is 171 Å². The molecule has 29 heavy (non-hydrogen) atoms. The van der Waals surface area contributed by atoms with Crippen molar-refractivity contribution in [1.29, 1.82) is 0 Å². The molecule has 1 amide bonds. The van der Waals surface area contributed by atoms with E-state index in [0.29, 0.717) is 0 Å². The van der Waals surface area contributed by atoms with Crippen molar-refractivity contribution in [1.82, 2.24) is 10.3 Å². The Morgan fingerprint density at radius 2 is 1.97 bits per heavy atom. The van der Waals surface area contributed by atoms with Gasteiger partial charge < -0.3 is 15.7 Å². The summed E-state index contributed by atoms with van der Waals surface area (Å²) >= 11 is 6.66. The summed E-state index contributed by atoms with van der Waals surface area (Å²) in [7, 11) is 0. The van der Waals surface area contributed by atoms with Gasteiger partial charge >= 0.3 is 6.18 Å². The summed E-state index contributed by atoms with van der Waals surface area (Å²) < 4.78 is 52.8. The number of hydrogen-bond acceptors (Lipinski definition) is 5. The first kappa shape index (κ1) is 20.9. The average Bonchev–Trinajstić information content (AvgIpc) is 3.11. The van der Waals surface area contributed by atoms with E-state index >= 15 is 0 Å². The molecule has 1 aromatic heterocycles. The highest BCUT2D eigenvalue weighted by atomic mass is 35.5. The second-order valence-corrected chi connectivity index (χ2v) is 7.04. The number of carbonyl (C=O) groups is 1. The number of nitrogens with zero attached hydrogens (tertiary/aromatic N) is 1. The fourth-order valence-electron chi connectivity index (χ4n) is 2.48. The van der Waals surface area contributed by atoms with E-state index in [2.05, 4.69) is 15.6 Å². The summed E-state index contributed by atoms with van der Waals surface area (Å²) in [6.45, 7) is -0.342.